The normalized spacial score (nSPS) is 26.0. The Morgan fingerprint density at radius 3 is 3.00 bits per heavy atom. The van der Waals surface area contributed by atoms with E-state index >= 15 is 0 Å². The predicted molar refractivity (Wildman–Crippen MR) is 78.3 cm³/mol. The molecule has 19 heavy (non-hydrogen) atoms. The summed E-state index contributed by atoms with van der Waals surface area (Å²) in [5.74, 6) is 1.10. The molecular formula is C15H24N4. The van der Waals surface area contributed by atoms with Crippen LogP contribution in [0.1, 0.15) is 37.8 Å². The molecule has 2 saturated heterocycles. The van der Waals surface area contributed by atoms with Gasteiger partial charge in [0.25, 0.3) is 0 Å². The molecule has 1 aromatic heterocycles. The second kappa shape index (κ2) is 5.47. The van der Waals surface area contributed by atoms with Crippen molar-refractivity contribution in [3.05, 3.63) is 23.9 Å². The molecule has 0 bridgehead atoms. The van der Waals surface area contributed by atoms with Crippen molar-refractivity contribution in [3.63, 3.8) is 0 Å². The maximum atomic E-state index is 5.97. The molecule has 104 valence electrons. The highest BCUT2D eigenvalue weighted by molar-refractivity contribution is 5.42. The number of nitrogens with two attached hydrogens (primary N) is 1. The van der Waals surface area contributed by atoms with Crippen LogP contribution in [0, 0.1) is 0 Å². The van der Waals surface area contributed by atoms with Crippen LogP contribution < -0.4 is 10.6 Å². The molecule has 2 aliphatic heterocycles. The van der Waals surface area contributed by atoms with E-state index in [-0.39, 0.29) is 6.04 Å². The van der Waals surface area contributed by atoms with Crippen LogP contribution in [0.3, 0.4) is 0 Å². The van der Waals surface area contributed by atoms with Crippen LogP contribution in [-0.4, -0.2) is 42.1 Å². The number of nitrogens with zero attached hydrogens (tertiary/aromatic N) is 3. The van der Waals surface area contributed by atoms with E-state index in [0.29, 0.717) is 0 Å². The van der Waals surface area contributed by atoms with Gasteiger partial charge in [0.15, 0.2) is 0 Å². The Hall–Kier alpha value is -1.13. The van der Waals surface area contributed by atoms with Gasteiger partial charge in [-0.2, -0.15) is 0 Å². The van der Waals surface area contributed by atoms with Gasteiger partial charge in [-0.1, -0.05) is 0 Å². The molecule has 4 nitrogen and oxygen atoms in total. The minimum absolute atomic E-state index is 0.0803. The molecule has 1 aromatic rings. The molecule has 0 radical (unpaired) electrons. The van der Waals surface area contributed by atoms with Crippen LogP contribution in [0.15, 0.2) is 18.3 Å². The summed E-state index contributed by atoms with van der Waals surface area (Å²) < 4.78 is 0. The van der Waals surface area contributed by atoms with Crippen molar-refractivity contribution in [1.29, 1.82) is 0 Å². The fraction of sp³-hybridized carbons (Fsp3) is 0.667. The molecule has 2 aliphatic rings. The Bertz CT molecular complexity index is 432. The molecule has 2 fully saturated rings. The van der Waals surface area contributed by atoms with Crippen molar-refractivity contribution in [2.24, 2.45) is 5.73 Å². The van der Waals surface area contributed by atoms with Gasteiger partial charge in [-0.15, -0.1) is 0 Å². The van der Waals surface area contributed by atoms with E-state index in [9.17, 15) is 0 Å². The first-order valence-corrected chi connectivity index (χ1v) is 7.44. The van der Waals surface area contributed by atoms with E-state index in [4.69, 9.17) is 5.73 Å². The predicted octanol–water partition coefficient (Wildman–Crippen LogP) is 1.78. The minimum atomic E-state index is 0.0803. The van der Waals surface area contributed by atoms with E-state index in [1.165, 1.54) is 37.9 Å². The lowest BCUT2D eigenvalue weighted by Gasteiger charge is -2.26. The smallest absolute Gasteiger partial charge is 0.128 e. The van der Waals surface area contributed by atoms with Crippen molar-refractivity contribution < 1.29 is 0 Å². The van der Waals surface area contributed by atoms with Crippen molar-refractivity contribution >= 4 is 5.82 Å². The standard InChI is InChI=1S/C15H24N4/c1-12(16)13-5-6-17-15(10-13)19-9-3-8-18-7-2-4-14(18)11-19/h5-6,10,12,14H,2-4,7-9,11,16H2,1H3/t12-,14?/m1/s1. The van der Waals surface area contributed by atoms with Gasteiger partial charge in [0.05, 0.1) is 0 Å². The molecule has 0 saturated carbocycles. The third-order valence-electron chi connectivity index (χ3n) is 4.42. The molecule has 0 amide bonds. The Kier molecular flexibility index (Phi) is 3.71. The second-order valence-corrected chi connectivity index (χ2v) is 5.87. The van der Waals surface area contributed by atoms with Gasteiger partial charge in [-0.25, -0.2) is 4.98 Å². The van der Waals surface area contributed by atoms with Crippen LogP contribution in [0.25, 0.3) is 0 Å². The number of aromatic nitrogens is 1. The average molecular weight is 260 g/mol. The average Bonchev–Trinajstić information content (AvgIpc) is 2.76. The third kappa shape index (κ3) is 2.74. The first-order valence-electron chi connectivity index (χ1n) is 7.44. The lowest BCUT2D eigenvalue weighted by molar-refractivity contribution is 0.273. The van der Waals surface area contributed by atoms with Gasteiger partial charge < -0.3 is 10.6 Å². The number of hydrogen-bond donors (Lipinski definition) is 1. The lowest BCUT2D eigenvalue weighted by Crippen LogP contribution is -2.37. The van der Waals surface area contributed by atoms with Gasteiger partial charge in [0.1, 0.15) is 5.82 Å². The van der Waals surface area contributed by atoms with E-state index in [1.54, 1.807) is 0 Å². The van der Waals surface area contributed by atoms with E-state index in [2.05, 4.69) is 20.9 Å². The van der Waals surface area contributed by atoms with Crippen LogP contribution >= 0.6 is 0 Å². The fourth-order valence-corrected chi connectivity index (χ4v) is 3.31. The zero-order valence-electron chi connectivity index (χ0n) is 11.8. The summed E-state index contributed by atoms with van der Waals surface area (Å²) in [6.45, 7) is 6.79. The molecule has 0 aromatic carbocycles. The van der Waals surface area contributed by atoms with Crippen molar-refractivity contribution in [1.82, 2.24) is 9.88 Å². The summed E-state index contributed by atoms with van der Waals surface area (Å²) in [6, 6.07) is 4.99. The zero-order chi connectivity index (χ0) is 13.2. The highest BCUT2D eigenvalue weighted by Crippen LogP contribution is 2.25. The quantitative estimate of drug-likeness (QED) is 0.880. The molecule has 4 heteroatoms. The molecular weight excluding hydrogens is 236 g/mol. The molecule has 2 atom stereocenters. The van der Waals surface area contributed by atoms with Gasteiger partial charge in [-0.3, -0.25) is 4.90 Å². The maximum absolute atomic E-state index is 5.97. The van der Waals surface area contributed by atoms with Crippen LogP contribution in [0.2, 0.25) is 0 Å². The van der Waals surface area contributed by atoms with Crippen LogP contribution in [0.5, 0.6) is 0 Å². The fourth-order valence-electron chi connectivity index (χ4n) is 3.31. The first kappa shape index (κ1) is 12.9. The Morgan fingerprint density at radius 1 is 1.32 bits per heavy atom. The van der Waals surface area contributed by atoms with Crippen molar-refractivity contribution in [3.8, 4) is 0 Å². The number of anilines is 1. The number of rotatable bonds is 2. The molecule has 0 aliphatic carbocycles. The Morgan fingerprint density at radius 2 is 2.16 bits per heavy atom. The lowest BCUT2D eigenvalue weighted by atomic mass is 10.1. The molecule has 3 rings (SSSR count). The van der Waals surface area contributed by atoms with Crippen molar-refractivity contribution in [2.75, 3.05) is 31.1 Å². The summed E-state index contributed by atoms with van der Waals surface area (Å²) in [4.78, 5) is 9.65. The summed E-state index contributed by atoms with van der Waals surface area (Å²) >= 11 is 0. The van der Waals surface area contributed by atoms with Gasteiger partial charge in [0, 0.05) is 37.9 Å². The van der Waals surface area contributed by atoms with Crippen molar-refractivity contribution in [2.45, 2.75) is 38.3 Å². The van der Waals surface area contributed by atoms with Crippen LogP contribution in [-0.2, 0) is 0 Å². The molecule has 2 N–H and O–H groups in total. The Labute approximate surface area is 115 Å². The molecule has 0 spiro atoms. The first-order chi connectivity index (χ1) is 9.24. The van der Waals surface area contributed by atoms with Gasteiger partial charge >= 0.3 is 0 Å². The SMILES string of the molecule is C[C@@H](N)c1ccnc(N2CCCN3CCCC3C2)c1. The Balaban J connectivity index is 1.79. The topological polar surface area (TPSA) is 45.4 Å². The number of hydrogen-bond acceptors (Lipinski definition) is 4. The monoisotopic (exact) mass is 260 g/mol. The van der Waals surface area contributed by atoms with Gasteiger partial charge in [0.2, 0.25) is 0 Å². The summed E-state index contributed by atoms with van der Waals surface area (Å²) in [5.41, 5.74) is 7.15. The summed E-state index contributed by atoms with van der Waals surface area (Å²) in [5, 5.41) is 0. The molecule has 1 unspecified atom stereocenters. The zero-order valence-corrected chi connectivity index (χ0v) is 11.8. The number of fused-ring (bicyclic) bond motifs is 1. The highest BCUT2D eigenvalue weighted by atomic mass is 15.3. The highest BCUT2D eigenvalue weighted by Gasteiger charge is 2.29. The summed E-state index contributed by atoms with van der Waals surface area (Å²) in [6.07, 6.45) is 5.82. The van der Waals surface area contributed by atoms with E-state index in [0.717, 1.165) is 24.9 Å². The minimum Gasteiger partial charge on any atom is -0.355 e. The number of pyridine rings is 1. The second-order valence-electron chi connectivity index (χ2n) is 5.87. The largest absolute Gasteiger partial charge is 0.355 e. The van der Waals surface area contributed by atoms with E-state index < -0.39 is 0 Å². The van der Waals surface area contributed by atoms with E-state index in [1.807, 2.05) is 19.2 Å². The molecule has 3 heterocycles. The third-order valence-corrected chi connectivity index (χ3v) is 4.42. The van der Waals surface area contributed by atoms with Gasteiger partial charge in [-0.05, 0) is 50.4 Å². The van der Waals surface area contributed by atoms with Crippen LogP contribution in [0.4, 0.5) is 5.82 Å². The maximum Gasteiger partial charge on any atom is 0.128 e. The summed E-state index contributed by atoms with van der Waals surface area (Å²) in [7, 11) is 0.